The molecule has 190 valence electrons. The van der Waals surface area contributed by atoms with Crippen LogP contribution in [0.2, 0.25) is 0 Å². The number of aliphatic hydroxyl groups is 1. The number of ether oxygens (including phenoxy) is 1. The van der Waals surface area contributed by atoms with Gasteiger partial charge in [-0.25, -0.2) is 0 Å². The first-order chi connectivity index (χ1) is 17.8. The van der Waals surface area contributed by atoms with Gasteiger partial charge in [-0.3, -0.25) is 14.5 Å². The van der Waals surface area contributed by atoms with Crippen molar-refractivity contribution in [3.63, 3.8) is 0 Å². The highest BCUT2D eigenvalue weighted by molar-refractivity contribution is 6.51. The van der Waals surface area contributed by atoms with Crippen LogP contribution in [0.25, 0.3) is 5.76 Å². The first kappa shape index (κ1) is 24.4. The SMILES string of the molecule is CCN(CC)c1ccc(N2C(=O)C(=O)/C(=C(\O)c3ccc4c(c3)CC(C)O4)C2c2cccc(O)c2)cc1. The largest absolute Gasteiger partial charge is 0.508 e. The Bertz CT molecular complexity index is 1390. The molecule has 3 aromatic carbocycles. The molecular weight excluding hydrogens is 468 g/mol. The van der Waals surface area contributed by atoms with Crippen molar-refractivity contribution >= 4 is 28.8 Å². The average molecular weight is 499 g/mol. The molecule has 0 radical (unpaired) electrons. The van der Waals surface area contributed by atoms with Crippen LogP contribution in [-0.2, 0) is 16.0 Å². The standard InChI is InChI=1S/C30H30N2O5/c1-4-31(5-2)22-10-12-23(13-11-22)32-27(19-7-6-8-24(33)17-19)26(29(35)30(32)36)28(34)20-9-14-25-21(16-20)15-18(3)37-25/h6-14,16-18,27,33-34H,4-5,15H2,1-3H3/b28-26-. The zero-order valence-corrected chi connectivity index (χ0v) is 21.1. The molecular formula is C30H30N2O5. The maximum Gasteiger partial charge on any atom is 0.300 e. The van der Waals surface area contributed by atoms with Crippen molar-refractivity contribution in [2.24, 2.45) is 0 Å². The summed E-state index contributed by atoms with van der Waals surface area (Å²) in [5, 5.41) is 21.6. The van der Waals surface area contributed by atoms with E-state index >= 15 is 0 Å². The fourth-order valence-electron chi connectivity index (χ4n) is 5.25. The highest BCUT2D eigenvalue weighted by Crippen LogP contribution is 2.43. The third-order valence-corrected chi connectivity index (χ3v) is 7.06. The second-order valence-electron chi connectivity index (χ2n) is 9.41. The van der Waals surface area contributed by atoms with E-state index in [0.29, 0.717) is 23.2 Å². The van der Waals surface area contributed by atoms with E-state index in [0.717, 1.165) is 30.1 Å². The molecule has 37 heavy (non-hydrogen) atoms. The average Bonchev–Trinajstić information content (AvgIpc) is 3.40. The number of carbonyl (C=O) groups is 2. The van der Waals surface area contributed by atoms with Crippen LogP contribution in [0, 0.1) is 0 Å². The number of rotatable bonds is 6. The Morgan fingerprint density at radius 3 is 2.43 bits per heavy atom. The molecule has 7 heteroatoms. The molecule has 0 aromatic heterocycles. The zero-order chi connectivity index (χ0) is 26.3. The predicted molar refractivity (Wildman–Crippen MR) is 143 cm³/mol. The molecule has 0 aliphatic carbocycles. The molecule has 1 saturated heterocycles. The lowest BCUT2D eigenvalue weighted by molar-refractivity contribution is -0.132. The van der Waals surface area contributed by atoms with Gasteiger partial charge < -0.3 is 19.8 Å². The number of hydrogen-bond acceptors (Lipinski definition) is 6. The number of benzene rings is 3. The lowest BCUT2D eigenvalue weighted by Crippen LogP contribution is -2.29. The minimum Gasteiger partial charge on any atom is -0.508 e. The minimum absolute atomic E-state index is 0.00337. The molecule has 2 aliphatic rings. The van der Waals surface area contributed by atoms with Gasteiger partial charge in [-0.05, 0) is 86.5 Å². The van der Waals surface area contributed by atoms with E-state index in [-0.39, 0.29) is 23.2 Å². The molecule has 0 bridgehead atoms. The quantitative estimate of drug-likeness (QED) is 0.276. The van der Waals surface area contributed by atoms with Gasteiger partial charge in [-0.1, -0.05) is 12.1 Å². The Kier molecular flexibility index (Phi) is 6.38. The molecule has 3 aromatic rings. The Balaban J connectivity index is 1.64. The summed E-state index contributed by atoms with van der Waals surface area (Å²) in [6.45, 7) is 7.80. The van der Waals surface area contributed by atoms with Gasteiger partial charge in [0.05, 0.1) is 11.6 Å². The van der Waals surface area contributed by atoms with E-state index in [1.165, 1.54) is 17.0 Å². The Labute approximate surface area is 216 Å². The summed E-state index contributed by atoms with van der Waals surface area (Å²) in [6.07, 6.45) is 0.726. The van der Waals surface area contributed by atoms with Crippen molar-refractivity contribution in [3.8, 4) is 11.5 Å². The topological polar surface area (TPSA) is 90.3 Å². The fraction of sp³-hybridized carbons (Fsp3) is 0.267. The van der Waals surface area contributed by atoms with Gasteiger partial charge in [0.1, 0.15) is 23.4 Å². The molecule has 2 aliphatic heterocycles. The summed E-state index contributed by atoms with van der Waals surface area (Å²) in [4.78, 5) is 30.4. The van der Waals surface area contributed by atoms with Crippen LogP contribution in [0.1, 0.15) is 43.5 Å². The van der Waals surface area contributed by atoms with Crippen LogP contribution in [-0.4, -0.2) is 41.1 Å². The summed E-state index contributed by atoms with van der Waals surface area (Å²) < 4.78 is 5.77. The van der Waals surface area contributed by atoms with Crippen molar-refractivity contribution in [3.05, 3.63) is 89.0 Å². The van der Waals surface area contributed by atoms with Crippen molar-refractivity contribution in [2.45, 2.75) is 39.3 Å². The third-order valence-electron chi connectivity index (χ3n) is 7.06. The summed E-state index contributed by atoms with van der Waals surface area (Å²) in [5.41, 5.74) is 3.42. The lowest BCUT2D eigenvalue weighted by Gasteiger charge is -2.27. The van der Waals surface area contributed by atoms with E-state index in [1.54, 1.807) is 30.3 Å². The van der Waals surface area contributed by atoms with Gasteiger partial charge in [0, 0.05) is 36.4 Å². The predicted octanol–water partition coefficient (Wildman–Crippen LogP) is 5.19. The Morgan fingerprint density at radius 1 is 1.03 bits per heavy atom. The van der Waals surface area contributed by atoms with E-state index < -0.39 is 17.7 Å². The summed E-state index contributed by atoms with van der Waals surface area (Å²) in [6, 6.07) is 18.3. The van der Waals surface area contributed by atoms with Gasteiger partial charge in [0.25, 0.3) is 11.7 Å². The highest BCUT2D eigenvalue weighted by Gasteiger charge is 2.47. The van der Waals surface area contributed by atoms with Crippen LogP contribution < -0.4 is 14.5 Å². The molecule has 2 unspecified atom stereocenters. The normalized spacial score (nSPS) is 20.1. The second kappa shape index (κ2) is 9.65. The number of hydrogen-bond donors (Lipinski definition) is 2. The summed E-state index contributed by atoms with van der Waals surface area (Å²) in [7, 11) is 0. The number of Topliss-reactive ketones (excluding diaryl/α,β-unsaturated/α-hetero) is 1. The van der Waals surface area contributed by atoms with Gasteiger partial charge in [0.15, 0.2) is 0 Å². The van der Waals surface area contributed by atoms with Crippen molar-refractivity contribution < 1.29 is 24.5 Å². The van der Waals surface area contributed by atoms with Crippen LogP contribution in [0.15, 0.2) is 72.3 Å². The number of ketones is 1. The van der Waals surface area contributed by atoms with Crippen molar-refractivity contribution in [1.29, 1.82) is 0 Å². The highest BCUT2D eigenvalue weighted by atomic mass is 16.5. The third kappa shape index (κ3) is 4.31. The number of anilines is 2. The van der Waals surface area contributed by atoms with Gasteiger partial charge in [0.2, 0.25) is 0 Å². The van der Waals surface area contributed by atoms with Crippen LogP contribution in [0.4, 0.5) is 11.4 Å². The first-order valence-corrected chi connectivity index (χ1v) is 12.6. The molecule has 2 heterocycles. The monoisotopic (exact) mass is 498 g/mol. The minimum atomic E-state index is -0.908. The number of aliphatic hydroxyl groups excluding tert-OH is 1. The number of nitrogens with zero attached hydrogens (tertiary/aromatic N) is 2. The van der Waals surface area contributed by atoms with E-state index in [9.17, 15) is 19.8 Å². The summed E-state index contributed by atoms with van der Waals surface area (Å²) in [5.74, 6) is -1.00. The fourth-order valence-corrected chi connectivity index (χ4v) is 5.25. The Hall–Kier alpha value is -4.26. The molecule has 1 amide bonds. The van der Waals surface area contributed by atoms with E-state index in [4.69, 9.17) is 4.74 Å². The van der Waals surface area contributed by atoms with E-state index in [2.05, 4.69) is 18.7 Å². The first-order valence-electron chi connectivity index (χ1n) is 12.6. The second-order valence-corrected chi connectivity index (χ2v) is 9.41. The lowest BCUT2D eigenvalue weighted by atomic mass is 9.94. The molecule has 0 saturated carbocycles. The number of carbonyl (C=O) groups excluding carboxylic acids is 2. The molecule has 2 atom stereocenters. The Morgan fingerprint density at radius 2 is 1.76 bits per heavy atom. The molecule has 5 rings (SSSR count). The van der Waals surface area contributed by atoms with Crippen LogP contribution >= 0.6 is 0 Å². The van der Waals surface area contributed by atoms with Crippen molar-refractivity contribution in [1.82, 2.24) is 0 Å². The van der Waals surface area contributed by atoms with Gasteiger partial charge >= 0.3 is 0 Å². The molecule has 1 fully saturated rings. The van der Waals surface area contributed by atoms with E-state index in [1.807, 2.05) is 31.2 Å². The number of aromatic hydroxyl groups is 1. The van der Waals surface area contributed by atoms with Gasteiger partial charge in [-0.2, -0.15) is 0 Å². The van der Waals surface area contributed by atoms with Gasteiger partial charge in [-0.15, -0.1) is 0 Å². The summed E-state index contributed by atoms with van der Waals surface area (Å²) >= 11 is 0. The maximum absolute atomic E-state index is 13.4. The number of amides is 1. The van der Waals surface area contributed by atoms with Crippen LogP contribution in [0.5, 0.6) is 11.5 Å². The number of fused-ring (bicyclic) bond motifs is 1. The smallest absolute Gasteiger partial charge is 0.300 e. The number of phenols is 1. The molecule has 7 nitrogen and oxygen atoms in total. The maximum atomic E-state index is 13.4. The molecule has 0 spiro atoms. The van der Waals surface area contributed by atoms with Crippen molar-refractivity contribution in [2.75, 3.05) is 22.9 Å². The molecule has 2 N–H and O–H groups in total. The zero-order valence-electron chi connectivity index (χ0n) is 21.1. The van der Waals surface area contributed by atoms with Crippen LogP contribution in [0.3, 0.4) is 0 Å². The number of phenolic OH excluding ortho intramolecular Hbond substituents is 1.